The second-order valence-electron chi connectivity index (χ2n) is 18.7. The summed E-state index contributed by atoms with van der Waals surface area (Å²) in [5, 5.41) is 2.33. The van der Waals surface area contributed by atoms with Crippen LogP contribution in [0.1, 0.15) is 94.2 Å². The van der Waals surface area contributed by atoms with Crippen molar-refractivity contribution in [3.05, 3.63) is 105 Å². The van der Waals surface area contributed by atoms with E-state index in [0.717, 1.165) is 21.8 Å². The molecule has 0 N–H and O–H groups in total. The van der Waals surface area contributed by atoms with Crippen LogP contribution in [0.3, 0.4) is 0 Å². The van der Waals surface area contributed by atoms with Crippen LogP contribution in [-0.4, -0.2) is 26.4 Å². The van der Waals surface area contributed by atoms with Crippen LogP contribution >= 0.6 is 18.5 Å². The second-order valence-corrected chi connectivity index (χ2v) is 19.9. The average molecular weight is 745 g/mol. The lowest BCUT2D eigenvalue weighted by Crippen LogP contribution is -2.53. The first kappa shape index (κ1) is 38.8. The Bertz CT molecular complexity index is 1800. The van der Waals surface area contributed by atoms with E-state index in [0.29, 0.717) is 23.0 Å². The molecule has 6 rings (SSSR count). The van der Waals surface area contributed by atoms with Gasteiger partial charge in [0, 0.05) is 25.0 Å². The maximum Gasteiger partial charge on any atom is 0.376 e. The fraction of sp³-hybridized carbons (Fsp3) is 0.500. The molecule has 6 nitrogen and oxygen atoms in total. The van der Waals surface area contributed by atoms with E-state index in [1.54, 1.807) is 0 Å². The standard InChI is InChI=1S/C44H58O6P2/c1-39(2,3)33-31(51)19-21-43(35(33)45-13,41(7,8)9)25-15-17-27-29(23-25)49-37(47-27)38-48-28-18-16-26(24-30(28)50-38)44(42(10,11)12)22-20-32(52)34(36(44)46-14)40(4,5)6/h15-24,35-36H,51-52H2,1-14H3. The van der Waals surface area contributed by atoms with Crippen LogP contribution in [0, 0.1) is 21.7 Å². The second kappa shape index (κ2) is 12.9. The van der Waals surface area contributed by atoms with E-state index in [9.17, 15) is 0 Å². The van der Waals surface area contributed by atoms with Gasteiger partial charge in [-0.15, -0.1) is 18.5 Å². The summed E-state index contributed by atoms with van der Waals surface area (Å²) in [4.78, 5) is 0. The molecule has 280 valence electrons. The monoisotopic (exact) mass is 744 g/mol. The van der Waals surface area contributed by atoms with Gasteiger partial charge in [-0.25, -0.2) is 0 Å². The van der Waals surface area contributed by atoms with Crippen molar-refractivity contribution in [2.75, 3.05) is 14.2 Å². The summed E-state index contributed by atoms with van der Waals surface area (Å²) in [5.41, 5.74) is 3.08. The van der Waals surface area contributed by atoms with Gasteiger partial charge in [0.05, 0.1) is 12.2 Å². The van der Waals surface area contributed by atoms with Crippen molar-refractivity contribution in [3.8, 4) is 23.0 Å². The van der Waals surface area contributed by atoms with E-state index in [1.807, 2.05) is 26.4 Å². The number of hydrogen-bond acceptors (Lipinski definition) is 6. The molecule has 6 unspecified atom stereocenters. The molecule has 0 amide bonds. The Morgan fingerprint density at radius 1 is 0.519 bits per heavy atom. The van der Waals surface area contributed by atoms with Gasteiger partial charge in [0.2, 0.25) is 0 Å². The highest BCUT2D eigenvalue weighted by atomic mass is 31.0. The highest BCUT2D eigenvalue weighted by molar-refractivity contribution is 7.23. The summed E-state index contributed by atoms with van der Waals surface area (Å²) in [6.07, 6.45) is 8.65. The Hall–Kier alpha value is -2.88. The van der Waals surface area contributed by atoms with E-state index in [4.69, 9.17) is 28.4 Å². The molecule has 0 saturated heterocycles. The first-order chi connectivity index (χ1) is 24.0. The molecule has 0 saturated carbocycles. The zero-order chi connectivity index (χ0) is 38.4. The molecule has 2 heterocycles. The van der Waals surface area contributed by atoms with Crippen LogP contribution < -0.4 is 18.9 Å². The average Bonchev–Trinajstić information content (AvgIpc) is 3.65. The van der Waals surface area contributed by atoms with Gasteiger partial charge in [-0.05, 0) is 78.8 Å². The topological polar surface area (TPSA) is 55.4 Å². The molecule has 6 atom stereocenters. The van der Waals surface area contributed by atoms with E-state index < -0.39 is 10.8 Å². The normalized spacial score (nSPS) is 27.6. The maximum absolute atomic E-state index is 6.42. The summed E-state index contributed by atoms with van der Waals surface area (Å²) in [6, 6.07) is 12.3. The van der Waals surface area contributed by atoms with Gasteiger partial charge in [0.1, 0.15) is 0 Å². The van der Waals surface area contributed by atoms with Gasteiger partial charge in [0.15, 0.2) is 23.0 Å². The molecule has 52 heavy (non-hydrogen) atoms. The van der Waals surface area contributed by atoms with Crippen LogP contribution in [0.2, 0.25) is 0 Å². The van der Waals surface area contributed by atoms with Crippen LogP contribution in [0.5, 0.6) is 23.0 Å². The van der Waals surface area contributed by atoms with Crippen LogP contribution in [0.15, 0.2) is 94.4 Å². The minimum atomic E-state index is -0.484. The molecule has 0 radical (unpaired) electrons. The highest BCUT2D eigenvalue weighted by Gasteiger charge is 2.55. The van der Waals surface area contributed by atoms with Crippen molar-refractivity contribution in [1.29, 1.82) is 0 Å². The summed E-state index contributed by atoms with van der Waals surface area (Å²) in [5.74, 6) is 2.74. The smallest absolute Gasteiger partial charge is 0.376 e. The van der Waals surface area contributed by atoms with Crippen molar-refractivity contribution in [2.45, 2.75) is 106 Å². The lowest BCUT2D eigenvalue weighted by molar-refractivity contribution is 0.0138. The Morgan fingerprint density at radius 3 is 1.13 bits per heavy atom. The number of fused-ring (bicyclic) bond motifs is 2. The van der Waals surface area contributed by atoms with Gasteiger partial charge in [0.25, 0.3) is 0 Å². The molecule has 0 spiro atoms. The van der Waals surface area contributed by atoms with Crippen molar-refractivity contribution in [3.63, 3.8) is 0 Å². The predicted octanol–water partition coefficient (Wildman–Crippen LogP) is 11.1. The van der Waals surface area contributed by atoms with Gasteiger partial charge in [-0.1, -0.05) is 120 Å². The SMILES string of the molecule is COC1C(C(C)(C)C)=C(P)C=CC1(c1ccc2c(c1)OC(=C1Oc3ccc(C4(C(C)(C)C)C=CC(P)=C(C(C)(C)C)C4OC)cc3O1)O2)C(C)(C)C. The molecular weight excluding hydrogens is 686 g/mol. The maximum atomic E-state index is 6.42. The quantitative estimate of drug-likeness (QED) is 0.291. The molecule has 4 aliphatic rings. The molecule has 2 aromatic carbocycles. The third-order valence-corrected chi connectivity index (χ3v) is 12.4. The fourth-order valence-corrected chi connectivity index (χ4v) is 10.3. The lowest BCUT2D eigenvalue weighted by atomic mass is 9.55. The van der Waals surface area contributed by atoms with Gasteiger partial charge >= 0.3 is 11.9 Å². The van der Waals surface area contributed by atoms with Gasteiger partial charge < -0.3 is 28.4 Å². The number of benzene rings is 2. The summed E-state index contributed by atoms with van der Waals surface area (Å²) in [7, 11) is 9.47. The van der Waals surface area contributed by atoms with E-state index in [2.05, 4.69) is 150 Å². The Morgan fingerprint density at radius 2 is 0.846 bits per heavy atom. The molecule has 2 aliphatic carbocycles. The predicted molar refractivity (Wildman–Crippen MR) is 217 cm³/mol. The largest absolute Gasteiger partial charge is 0.417 e. The van der Waals surface area contributed by atoms with Crippen molar-refractivity contribution < 1.29 is 28.4 Å². The first-order valence-corrected chi connectivity index (χ1v) is 19.4. The third-order valence-electron chi connectivity index (χ3n) is 11.4. The van der Waals surface area contributed by atoms with Crippen molar-refractivity contribution in [1.82, 2.24) is 0 Å². The molecule has 0 bridgehead atoms. The van der Waals surface area contributed by atoms with Crippen LogP contribution in [0.25, 0.3) is 0 Å². The zero-order valence-electron chi connectivity index (χ0n) is 33.5. The van der Waals surface area contributed by atoms with E-state index in [1.165, 1.54) is 11.1 Å². The van der Waals surface area contributed by atoms with Crippen molar-refractivity contribution in [2.24, 2.45) is 21.7 Å². The summed E-state index contributed by atoms with van der Waals surface area (Å²) < 4.78 is 38.1. The molecule has 0 aromatic heterocycles. The molecular formula is C44H58O6P2. The summed E-state index contributed by atoms with van der Waals surface area (Å²) >= 11 is 0. The van der Waals surface area contributed by atoms with Gasteiger partial charge in [-0.2, -0.15) is 0 Å². The zero-order valence-corrected chi connectivity index (χ0v) is 35.8. The van der Waals surface area contributed by atoms with Crippen LogP contribution in [-0.2, 0) is 20.3 Å². The molecule has 0 fully saturated rings. The Kier molecular flexibility index (Phi) is 9.61. The van der Waals surface area contributed by atoms with Crippen molar-refractivity contribution >= 4 is 18.5 Å². The fourth-order valence-electron chi connectivity index (χ4n) is 8.93. The third kappa shape index (κ3) is 6.01. The summed E-state index contributed by atoms with van der Waals surface area (Å²) in [6.45, 7) is 27.1. The molecule has 2 aromatic rings. The number of rotatable bonds is 4. The Labute approximate surface area is 316 Å². The van der Waals surface area contributed by atoms with E-state index >= 15 is 0 Å². The molecule has 8 heteroatoms. The minimum absolute atomic E-state index is 0.104. The lowest BCUT2D eigenvalue weighted by Gasteiger charge is -2.52. The number of hydrogen-bond donors (Lipinski definition) is 0. The molecule has 2 aliphatic heterocycles. The van der Waals surface area contributed by atoms with E-state index in [-0.39, 0.29) is 45.8 Å². The number of allylic oxidation sites excluding steroid dienone is 4. The minimum Gasteiger partial charge on any atom is -0.417 e. The number of methoxy groups -OCH3 is 2. The highest BCUT2D eigenvalue weighted by Crippen LogP contribution is 2.58. The first-order valence-electron chi connectivity index (χ1n) is 18.2. The Balaban J connectivity index is 1.35. The number of ether oxygens (including phenoxy) is 6. The van der Waals surface area contributed by atoms with Gasteiger partial charge in [-0.3, -0.25) is 0 Å². The van der Waals surface area contributed by atoms with Crippen LogP contribution in [0.4, 0.5) is 0 Å².